The van der Waals surface area contributed by atoms with E-state index in [4.69, 9.17) is 4.74 Å². The van der Waals surface area contributed by atoms with Gasteiger partial charge < -0.3 is 4.74 Å². The lowest BCUT2D eigenvalue weighted by Crippen LogP contribution is -2.08. The van der Waals surface area contributed by atoms with Crippen LogP contribution in [0.5, 0.6) is 5.75 Å². The zero-order chi connectivity index (χ0) is 14.8. The average Bonchev–Trinajstić information content (AvgIpc) is 2.92. The number of ether oxygens (including phenoxy) is 1. The zero-order valence-electron chi connectivity index (χ0n) is 12.0. The molecule has 3 rings (SSSR count). The summed E-state index contributed by atoms with van der Waals surface area (Å²) < 4.78 is 6.61. The van der Waals surface area contributed by atoms with Gasteiger partial charge in [0.2, 0.25) is 0 Å². The summed E-state index contributed by atoms with van der Waals surface area (Å²) in [6.45, 7) is 2.69. The Labute approximate surface area is 143 Å². The predicted molar refractivity (Wildman–Crippen MR) is 94.3 cm³/mol. The van der Waals surface area contributed by atoms with Gasteiger partial charge in [0, 0.05) is 4.83 Å². The summed E-state index contributed by atoms with van der Waals surface area (Å²) in [7, 11) is 0. The van der Waals surface area contributed by atoms with E-state index in [0.717, 1.165) is 23.1 Å². The quantitative estimate of drug-likeness (QED) is 0.588. The number of fused-ring (bicyclic) bond motifs is 1. The minimum absolute atomic E-state index is 0.372. The Morgan fingerprint density at radius 2 is 1.81 bits per heavy atom. The maximum atomic E-state index is 5.59. The smallest absolute Gasteiger partial charge is 0.133 e. The molecule has 0 aliphatic heterocycles. The van der Waals surface area contributed by atoms with Crippen molar-refractivity contribution >= 4 is 31.9 Å². The van der Waals surface area contributed by atoms with Crippen LogP contribution in [0.15, 0.2) is 46.9 Å². The number of hydrogen-bond acceptors (Lipinski definition) is 1. The Kier molecular flexibility index (Phi) is 4.70. The molecular formula is C18H18Br2O. The summed E-state index contributed by atoms with van der Waals surface area (Å²) in [6, 6.07) is 15.2. The third-order valence-corrected chi connectivity index (χ3v) is 5.97. The van der Waals surface area contributed by atoms with Crippen molar-refractivity contribution in [1.29, 1.82) is 0 Å². The summed E-state index contributed by atoms with van der Waals surface area (Å²) in [5.41, 5.74) is 4.30. The van der Waals surface area contributed by atoms with Crippen LogP contribution in [0.4, 0.5) is 0 Å². The van der Waals surface area contributed by atoms with Crippen molar-refractivity contribution in [2.75, 3.05) is 6.61 Å². The van der Waals surface area contributed by atoms with Gasteiger partial charge in [0.15, 0.2) is 0 Å². The molecule has 110 valence electrons. The summed E-state index contributed by atoms with van der Waals surface area (Å²) in [6.07, 6.45) is 2.30. The normalized spacial score (nSPS) is 15.8. The molecule has 1 nitrogen and oxygen atoms in total. The maximum Gasteiger partial charge on any atom is 0.133 e. The largest absolute Gasteiger partial charge is 0.493 e. The second-order valence-electron chi connectivity index (χ2n) is 5.46. The van der Waals surface area contributed by atoms with E-state index in [0.29, 0.717) is 17.4 Å². The Balaban J connectivity index is 1.77. The minimum Gasteiger partial charge on any atom is -0.493 e. The molecule has 0 bridgehead atoms. The molecule has 0 N–H and O–H groups in total. The molecule has 0 radical (unpaired) electrons. The molecule has 0 heterocycles. The highest BCUT2D eigenvalue weighted by atomic mass is 79.9. The third kappa shape index (κ3) is 3.19. The molecule has 2 aromatic carbocycles. The molecule has 2 aromatic rings. The van der Waals surface area contributed by atoms with Crippen molar-refractivity contribution < 1.29 is 4.74 Å². The van der Waals surface area contributed by atoms with E-state index in [-0.39, 0.29) is 0 Å². The van der Waals surface area contributed by atoms with E-state index >= 15 is 0 Å². The van der Waals surface area contributed by atoms with Crippen LogP contribution in [-0.2, 0) is 12.8 Å². The van der Waals surface area contributed by atoms with Crippen molar-refractivity contribution in [1.82, 2.24) is 0 Å². The van der Waals surface area contributed by atoms with Gasteiger partial charge >= 0.3 is 0 Å². The highest BCUT2D eigenvalue weighted by molar-refractivity contribution is 9.10. The molecule has 0 fully saturated rings. The van der Waals surface area contributed by atoms with Gasteiger partial charge in [-0.05, 0) is 70.4 Å². The molecular weight excluding hydrogens is 392 g/mol. The lowest BCUT2D eigenvalue weighted by atomic mass is 9.96. The molecule has 1 aliphatic carbocycles. The van der Waals surface area contributed by atoms with Gasteiger partial charge in [0.05, 0.1) is 11.1 Å². The van der Waals surface area contributed by atoms with Gasteiger partial charge in [-0.2, -0.15) is 0 Å². The number of halogens is 2. The summed E-state index contributed by atoms with van der Waals surface area (Å²) in [4.78, 5) is 0.372. The number of benzene rings is 2. The first-order valence-corrected chi connectivity index (χ1v) is 9.03. The van der Waals surface area contributed by atoms with Crippen molar-refractivity contribution in [2.24, 2.45) is 5.92 Å². The van der Waals surface area contributed by atoms with Crippen molar-refractivity contribution in [2.45, 2.75) is 24.6 Å². The monoisotopic (exact) mass is 408 g/mol. The second kappa shape index (κ2) is 6.53. The molecule has 1 atom stereocenters. The van der Waals surface area contributed by atoms with E-state index in [1.54, 1.807) is 0 Å². The first-order valence-electron chi connectivity index (χ1n) is 7.32. The van der Waals surface area contributed by atoms with Crippen LogP contribution in [-0.4, -0.2) is 6.61 Å². The predicted octanol–water partition coefficient (Wildman–Crippen LogP) is 5.70. The third-order valence-electron chi connectivity index (χ3n) is 4.07. The minimum atomic E-state index is 0.372. The van der Waals surface area contributed by atoms with Crippen molar-refractivity contribution in [3.05, 3.63) is 63.6 Å². The Morgan fingerprint density at radius 1 is 1.14 bits per heavy atom. The number of rotatable bonds is 4. The first-order chi connectivity index (χ1) is 10.2. The number of hydrogen-bond donors (Lipinski definition) is 0. The fraction of sp³-hybridized carbons (Fsp3) is 0.333. The van der Waals surface area contributed by atoms with Gasteiger partial charge in [-0.1, -0.05) is 46.3 Å². The second-order valence-corrected chi connectivity index (χ2v) is 7.30. The Morgan fingerprint density at radius 3 is 2.38 bits per heavy atom. The molecule has 0 saturated carbocycles. The van der Waals surface area contributed by atoms with E-state index in [2.05, 4.69) is 74.3 Å². The van der Waals surface area contributed by atoms with Crippen LogP contribution in [0.1, 0.15) is 28.4 Å². The Hall–Kier alpha value is -0.800. The molecule has 1 unspecified atom stereocenters. The number of alkyl halides is 1. The van der Waals surface area contributed by atoms with Gasteiger partial charge in [-0.15, -0.1) is 0 Å². The fourth-order valence-corrected chi connectivity index (χ4v) is 4.20. The molecule has 0 aromatic heterocycles. The molecule has 3 heteroatoms. The molecule has 0 saturated heterocycles. The molecule has 1 aliphatic rings. The van der Waals surface area contributed by atoms with E-state index in [1.165, 1.54) is 16.7 Å². The van der Waals surface area contributed by atoms with E-state index < -0.39 is 0 Å². The SMILES string of the molecule is CCOc1ccc(C(Br)C2Cc3ccccc3C2)cc1Br. The van der Waals surface area contributed by atoms with Crippen LogP contribution >= 0.6 is 31.9 Å². The van der Waals surface area contributed by atoms with Crippen LogP contribution in [0.3, 0.4) is 0 Å². The molecule has 21 heavy (non-hydrogen) atoms. The summed E-state index contributed by atoms with van der Waals surface area (Å²) in [5, 5.41) is 0. The van der Waals surface area contributed by atoms with Crippen molar-refractivity contribution in [3.8, 4) is 5.75 Å². The highest BCUT2D eigenvalue weighted by Gasteiger charge is 2.28. The van der Waals surface area contributed by atoms with E-state index in [9.17, 15) is 0 Å². The van der Waals surface area contributed by atoms with Gasteiger partial charge in [-0.3, -0.25) is 0 Å². The fourth-order valence-electron chi connectivity index (χ4n) is 3.03. The Bertz CT molecular complexity index is 614. The van der Waals surface area contributed by atoms with Crippen molar-refractivity contribution in [3.63, 3.8) is 0 Å². The van der Waals surface area contributed by atoms with Gasteiger partial charge in [0.25, 0.3) is 0 Å². The van der Waals surface area contributed by atoms with E-state index in [1.807, 2.05) is 6.92 Å². The van der Waals surface area contributed by atoms with Crippen LogP contribution in [0.2, 0.25) is 0 Å². The maximum absolute atomic E-state index is 5.59. The van der Waals surface area contributed by atoms with Gasteiger partial charge in [-0.25, -0.2) is 0 Å². The zero-order valence-corrected chi connectivity index (χ0v) is 15.2. The van der Waals surface area contributed by atoms with Gasteiger partial charge in [0.1, 0.15) is 5.75 Å². The lowest BCUT2D eigenvalue weighted by Gasteiger charge is -2.18. The van der Waals surface area contributed by atoms with Crippen LogP contribution < -0.4 is 4.74 Å². The molecule has 0 spiro atoms. The highest BCUT2D eigenvalue weighted by Crippen LogP contribution is 2.41. The summed E-state index contributed by atoms with van der Waals surface area (Å²) >= 11 is 7.52. The first kappa shape index (κ1) is 15.1. The molecule has 0 amide bonds. The average molecular weight is 410 g/mol. The van der Waals surface area contributed by atoms with Crippen LogP contribution in [0.25, 0.3) is 0 Å². The summed E-state index contributed by atoms with van der Waals surface area (Å²) in [5.74, 6) is 1.53. The van der Waals surface area contributed by atoms with Crippen LogP contribution in [0, 0.1) is 5.92 Å². The lowest BCUT2D eigenvalue weighted by molar-refractivity contribution is 0.338. The standard InChI is InChI=1S/C18H18Br2O/c1-2-21-17-8-7-14(11-16(17)19)18(20)15-9-12-5-3-4-6-13(12)10-15/h3-8,11,15,18H,2,9-10H2,1H3. The topological polar surface area (TPSA) is 9.23 Å².